The van der Waals surface area contributed by atoms with Crippen molar-refractivity contribution in [1.29, 1.82) is 0 Å². The van der Waals surface area contributed by atoms with E-state index < -0.39 is 30.3 Å². The molecule has 1 aromatic carbocycles. The molecule has 0 spiro atoms. The molecule has 0 saturated carbocycles. The molecule has 0 aromatic heterocycles. The van der Waals surface area contributed by atoms with Gasteiger partial charge in [0, 0.05) is 5.56 Å². The van der Waals surface area contributed by atoms with Gasteiger partial charge in [-0.2, -0.15) is 0 Å². The summed E-state index contributed by atoms with van der Waals surface area (Å²) in [6.07, 6.45) is -0.720. The molecule has 1 amide bonds. The Bertz CT molecular complexity index is 532. The molecule has 0 aliphatic carbocycles. The van der Waals surface area contributed by atoms with Gasteiger partial charge in [0.25, 0.3) is 5.91 Å². The first kappa shape index (κ1) is 15.3. The monoisotopic (exact) mass is 305 g/mol. The maximum Gasteiger partial charge on any atom is 0.326 e. The second-order valence-electron chi connectivity index (χ2n) is 3.59. The van der Waals surface area contributed by atoms with Gasteiger partial charge >= 0.3 is 11.9 Å². The third kappa shape index (κ3) is 4.42. The molecule has 8 heteroatoms. The highest BCUT2D eigenvalue weighted by molar-refractivity contribution is 6.42. The number of carboxylic acids is 2. The minimum atomic E-state index is -1.51. The van der Waals surface area contributed by atoms with Crippen LogP contribution in [0.3, 0.4) is 0 Å². The zero-order chi connectivity index (χ0) is 14.6. The first-order valence-corrected chi connectivity index (χ1v) is 5.77. The highest BCUT2D eigenvalue weighted by atomic mass is 35.5. The Morgan fingerprint density at radius 3 is 2.26 bits per heavy atom. The summed E-state index contributed by atoms with van der Waals surface area (Å²) in [7, 11) is 0. The molecule has 0 saturated heterocycles. The van der Waals surface area contributed by atoms with E-state index in [2.05, 4.69) is 5.32 Å². The van der Waals surface area contributed by atoms with Gasteiger partial charge in [-0.15, -0.1) is 0 Å². The van der Waals surface area contributed by atoms with Crippen LogP contribution in [0.4, 0.5) is 0 Å². The molecule has 0 unspecified atom stereocenters. The van der Waals surface area contributed by atoms with Crippen molar-refractivity contribution in [3.05, 3.63) is 33.8 Å². The van der Waals surface area contributed by atoms with E-state index in [-0.39, 0.29) is 15.6 Å². The molecule has 0 bridgehead atoms. The van der Waals surface area contributed by atoms with E-state index in [1.807, 2.05) is 0 Å². The van der Waals surface area contributed by atoms with Crippen LogP contribution in [0, 0.1) is 0 Å². The Balaban J connectivity index is 2.84. The molecule has 6 nitrogen and oxygen atoms in total. The maximum absolute atomic E-state index is 11.7. The third-order valence-electron chi connectivity index (χ3n) is 2.16. The van der Waals surface area contributed by atoms with Crippen molar-refractivity contribution < 1.29 is 24.6 Å². The Labute approximate surface area is 117 Å². The lowest BCUT2D eigenvalue weighted by molar-refractivity contribution is -0.145. The van der Waals surface area contributed by atoms with Gasteiger partial charge in [0.15, 0.2) is 0 Å². The van der Waals surface area contributed by atoms with Crippen molar-refractivity contribution in [2.24, 2.45) is 0 Å². The molecule has 0 aliphatic rings. The molecule has 1 rings (SSSR count). The lowest BCUT2D eigenvalue weighted by Crippen LogP contribution is -2.42. The summed E-state index contributed by atoms with van der Waals surface area (Å²) in [6.45, 7) is 0. The number of carbonyl (C=O) groups is 3. The van der Waals surface area contributed by atoms with Crippen LogP contribution in [0.15, 0.2) is 18.2 Å². The van der Waals surface area contributed by atoms with Gasteiger partial charge in [0.05, 0.1) is 16.5 Å². The summed E-state index contributed by atoms with van der Waals surface area (Å²) in [5.74, 6) is -3.51. The minimum Gasteiger partial charge on any atom is -0.481 e. The van der Waals surface area contributed by atoms with Crippen molar-refractivity contribution >= 4 is 41.0 Å². The van der Waals surface area contributed by atoms with Crippen LogP contribution in [-0.2, 0) is 9.59 Å². The first-order valence-electron chi connectivity index (χ1n) is 5.01. The molecule has 1 atom stereocenters. The average molecular weight is 306 g/mol. The molecule has 19 heavy (non-hydrogen) atoms. The summed E-state index contributed by atoms with van der Waals surface area (Å²) >= 11 is 11.4. The maximum atomic E-state index is 11.7. The predicted molar refractivity (Wildman–Crippen MR) is 67.6 cm³/mol. The number of carboxylic acid groups (broad SMARTS) is 2. The van der Waals surface area contributed by atoms with Gasteiger partial charge in [0.1, 0.15) is 6.04 Å². The topological polar surface area (TPSA) is 104 Å². The van der Waals surface area contributed by atoms with Crippen molar-refractivity contribution in [2.45, 2.75) is 12.5 Å². The van der Waals surface area contributed by atoms with Gasteiger partial charge in [-0.05, 0) is 18.2 Å². The van der Waals surface area contributed by atoms with E-state index in [4.69, 9.17) is 33.4 Å². The number of benzene rings is 1. The van der Waals surface area contributed by atoms with Crippen LogP contribution in [-0.4, -0.2) is 34.1 Å². The number of carbonyl (C=O) groups excluding carboxylic acids is 1. The Hall–Kier alpha value is -1.79. The van der Waals surface area contributed by atoms with Crippen LogP contribution >= 0.6 is 23.2 Å². The van der Waals surface area contributed by atoms with Crippen LogP contribution in [0.2, 0.25) is 10.0 Å². The number of aliphatic carboxylic acids is 2. The Morgan fingerprint density at radius 1 is 1.16 bits per heavy atom. The standard InChI is InChI=1S/C11H9Cl2NO5/c12-6-2-1-5(3-7(6)13)10(17)14-8(11(18)19)4-9(15)16/h1-3,8H,4H2,(H,14,17)(H,15,16)(H,18,19)/t8-/m1/s1. The molecule has 0 radical (unpaired) electrons. The zero-order valence-corrected chi connectivity index (χ0v) is 10.9. The molecule has 1 aromatic rings. The molecule has 3 N–H and O–H groups in total. The van der Waals surface area contributed by atoms with Gasteiger partial charge < -0.3 is 15.5 Å². The van der Waals surface area contributed by atoms with Crippen molar-refractivity contribution in [2.75, 3.05) is 0 Å². The summed E-state index contributed by atoms with van der Waals surface area (Å²) in [5.41, 5.74) is 0.0889. The number of rotatable bonds is 5. The first-order chi connectivity index (χ1) is 8.81. The molecule has 0 fully saturated rings. The van der Waals surface area contributed by atoms with E-state index in [1.165, 1.54) is 18.2 Å². The van der Waals surface area contributed by atoms with Crippen LogP contribution in [0.1, 0.15) is 16.8 Å². The normalized spacial score (nSPS) is 11.7. The number of hydrogen-bond acceptors (Lipinski definition) is 3. The summed E-state index contributed by atoms with van der Waals surface area (Å²) in [4.78, 5) is 33.0. The second-order valence-corrected chi connectivity index (χ2v) is 4.41. The van der Waals surface area contributed by atoms with Crippen LogP contribution < -0.4 is 5.32 Å². The lowest BCUT2D eigenvalue weighted by Gasteiger charge is -2.12. The van der Waals surface area contributed by atoms with E-state index in [0.29, 0.717) is 0 Å². The van der Waals surface area contributed by atoms with E-state index in [1.54, 1.807) is 0 Å². The molecule has 0 aliphatic heterocycles. The number of hydrogen-bond donors (Lipinski definition) is 3. The number of halogens is 2. The number of amides is 1. The van der Waals surface area contributed by atoms with Crippen LogP contribution in [0.5, 0.6) is 0 Å². The van der Waals surface area contributed by atoms with Crippen molar-refractivity contribution in [1.82, 2.24) is 5.32 Å². The summed E-state index contributed by atoms with van der Waals surface area (Å²) < 4.78 is 0. The van der Waals surface area contributed by atoms with Gasteiger partial charge in [-0.25, -0.2) is 4.79 Å². The number of nitrogens with one attached hydrogen (secondary N) is 1. The zero-order valence-electron chi connectivity index (χ0n) is 9.39. The Kier molecular flexibility index (Phi) is 5.14. The quantitative estimate of drug-likeness (QED) is 0.767. The highest BCUT2D eigenvalue weighted by Crippen LogP contribution is 2.22. The lowest BCUT2D eigenvalue weighted by atomic mass is 10.1. The highest BCUT2D eigenvalue weighted by Gasteiger charge is 2.23. The molecule has 102 valence electrons. The average Bonchev–Trinajstić information content (AvgIpc) is 2.31. The van der Waals surface area contributed by atoms with E-state index in [0.717, 1.165) is 0 Å². The fourth-order valence-electron chi connectivity index (χ4n) is 1.25. The minimum absolute atomic E-state index is 0.0889. The SMILES string of the molecule is O=C(O)C[C@@H](NC(=O)c1ccc(Cl)c(Cl)c1)C(=O)O. The largest absolute Gasteiger partial charge is 0.481 e. The summed E-state index contributed by atoms with van der Waals surface area (Å²) in [6, 6.07) is 2.48. The smallest absolute Gasteiger partial charge is 0.326 e. The van der Waals surface area contributed by atoms with E-state index >= 15 is 0 Å². The van der Waals surface area contributed by atoms with E-state index in [9.17, 15) is 14.4 Å². The summed E-state index contributed by atoms with van der Waals surface area (Å²) in [5, 5.41) is 19.8. The fraction of sp³-hybridized carbons (Fsp3) is 0.182. The predicted octanol–water partition coefficient (Wildman–Crippen LogP) is 1.65. The molecule has 0 heterocycles. The molecular formula is C11H9Cl2NO5. The van der Waals surface area contributed by atoms with Gasteiger partial charge in [-0.3, -0.25) is 9.59 Å². The van der Waals surface area contributed by atoms with Crippen molar-refractivity contribution in [3.8, 4) is 0 Å². The third-order valence-corrected chi connectivity index (χ3v) is 2.90. The second kappa shape index (κ2) is 6.40. The fourth-order valence-corrected chi connectivity index (χ4v) is 1.55. The van der Waals surface area contributed by atoms with Gasteiger partial charge in [-0.1, -0.05) is 23.2 Å². The van der Waals surface area contributed by atoms with Gasteiger partial charge in [0.2, 0.25) is 0 Å². The van der Waals surface area contributed by atoms with Crippen LogP contribution in [0.25, 0.3) is 0 Å². The Morgan fingerprint density at radius 2 is 1.79 bits per heavy atom. The molecular weight excluding hydrogens is 297 g/mol. The van der Waals surface area contributed by atoms with Crippen molar-refractivity contribution in [3.63, 3.8) is 0 Å².